The fourth-order valence-corrected chi connectivity index (χ4v) is 1.59. The molecule has 0 aliphatic rings. The van der Waals surface area contributed by atoms with Crippen LogP contribution in [0.25, 0.3) is 0 Å². The monoisotopic (exact) mass is 301 g/mol. The smallest absolute Gasteiger partial charge is 0.328 e. The molecule has 19 heavy (non-hydrogen) atoms. The van der Waals surface area contributed by atoms with E-state index in [1.807, 2.05) is 0 Å². The van der Waals surface area contributed by atoms with E-state index in [9.17, 15) is 26.7 Å². The number of amides is 1. The molecule has 0 aliphatic heterocycles. The van der Waals surface area contributed by atoms with Gasteiger partial charge >= 0.3 is 6.18 Å². The van der Waals surface area contributed by atoms with E-state index in [1.54, 1.807) is 0 Å². The van der Waals surface area contributed by atoms with Gasteiger partial charge in [0.2, 0.25) is 0 Å². The van der Waals surface area contributed by atoms with Crippen LogP contribution in [-0.4, -0.2) is 36.0 Å². The number of carbonyl (C=O) groups is 1. The highest BCUT2D eigenvalue weighted by Gasteiger charge is 2.33. The van der Waals surface area contributed by atoms with Crippen LogP contribution in [0.3, 0.4) is 0 Å². The molecule has 0 bridgehead atoms. The predicted molar refractivity (Wildman–Crippen MR) is 59.0 cm³/mol. The van der Waals surface area contributed by atoms with Crippen molar-refractivity contribution in [3.63, 3.8) is 0 Å². The van der Waals surface area contributed by atoms with Crippen LogP contribution >= 0.6 is 11.6 Å². The van der Waals surface area contributed by atoms with Crippen LogP contribution in [0.1, 0.15) is 10.4 Å². The van der Waals surface area contributed by atoms with Gasteiger partial charge in [-0.25, -0.2) is 8.78 Å². The lowest BCUT2D eigenvalue weighted by atomic mass is 10.2. The van der Waals surface area contributed by atoms with Crippen molar-refractivity contribution in [2.75, 3.05) is 19.0 Å². The molecule has 0 radical (unpaired) electrons. The lowest BCUT2D eigenvalue weighted by molar-refractivity contribution is -0.140. The number of hydrogen-bond donors (Lipinski definition) is 0. The number of carbonyl (C=O) groups excluding carboxylic acids is 1. The minimum Gasteiger partial charge on any atom is -0.328 e. The maximum absolute atomic E-state index is 12.9. The van der Waals surface area contributed by atoms with Crippen molar-refractivity contribution in [3.05, 3.63) is 35.4 Å². The summed E-state index contributed by atoms with van der Waals surface area (Å²) in [6.07, 6.45) is -4.60. The minimum absolute atomic E-state index is 0.203. The van der Waals surface area contributed by atoms with Crippen LogP contribution in [0.2, 0.25) is 0 Å². The second-order valence-electron chi connectivity index (χ2n) is 3.66. The largest absolute Gasteiger partial charge is 0.406 e. The van der Waals surface area contributed by atoms with Gasteiger partial charge in [0, 0.05) is 18.0 Å². The number of alkyl halides is 4. The zero-order chi connectivity index (χ0) is 14.6. The molecule has 0 N–H and O–H groups in total. The summed E-state index contributed by atoms with van der Waals surface area (Å²) in [6, 6.07) is 2.14. The molecule has 1 aromatic carbocycles. The van der Waals surface area contributed by atoms with Crippen LogP contribution in [-0.2, 0) is 0 Å². The first-order chi connectivity index (χ1) is 8.74. The standard InChI is InChI=1S/C11H9ClF5NO/c12-3-4-18(6-11(15,16)17)10(19)7-1-2-8(13)9(14)5-7/h1-2,5H,3-4,6H2. The summed E-state index contributed by atoms with van der Waals surface area (Å²) >= 11 is 5.32. The van der Waals surface area contributed by atoms with Gasteiger partial charge in [-0.05, 0) is 18.2 Å². The summed E-state index contributed by atoms with van der Waals surface area (Å²) in [7, 11) is 0. The Morgan fingerprint density at radius 3 is 2.32 bits per heavy atom. The Balaban J connectivity index is 2.95. The fourth-order valence-electron chi connectivity index (χ4n) is 1.38. The van der Waals surface area contributed by atoms with Crippen LogP contribution in [0.5, 0.6) is 0 Å². The quantitative estimate of drug-likeness (QED) is 0.618. The van der Waals surface area contributed by atoms with Crippen molar-refractivity contribution in [3.8, 4) is 0 Å². The second kappa shape index (κ2) is 6.18. The maximum atomic E-state index is 12.9. The number of nitrogens with zero attached hydrogens (tertiary/aromatic N) is 1. The summed E-state index contributed by atoms with van der Waals surface area (Å²) in [6.45, 7) is -1.85. The van der Waals surface area contributed by atoms with Gasteiger partial charge in [0.25, 0.3) is 5.91 Å². The first-order valence-electron chi connectivity index (χ1n) is 5.11. The van der Waals surface area contributed by atoms with Crippen LogP contribution in [0.4, 0.5) is 22.0 Å². The maximum Gasteiger partial charge on any atom is 0.406 e. The third kappa shape index (κ3) is 4.66. The second-order valence-corrected chi connectivity index (χ2v) is 4.04. The molecule has 0 saturated heterocycles. The molecule has 0 aliphatic carbocycles. The molecule has 0 spiro atoms. The van der Waals surface area contributed by atoms with E-state index in [-0.39, 0.29) is 18.0 Å². The topological polar surface area (TPSA) is 20.3 Å². The molecule has 1 rings (SSSR count). The average molecular weight is 302 g/mol. The Bertz CT molecular complexity index is 463. The summed E-state index contributed by atoms with van der Waals surface area (Å²) in [5, 5.41) is 0. The van der Waals surface area contributed by atoms with Crippen LogP contribution in [0, 0.1) is 11.6 Å². The molecule has 8 heteroatoms. The molecule has 1 amide bonds. The lowest BCUT2D eigenvalue weighted by Gasteiger charge is -2.23. The van der Waals surface area contributed by atoms with Gasteiger partial charge in [0.1, 0.15) is 6.54 Å². The molecule has 0 heterocycles. The van der Waals surface area contributed by atoms with Gasteiger partial charge in [0.05, 0.1) is 0 Å². The number of benzene rings is 1. The molecule has 0 saturated carbocycles. The Kier molecular flexibility index (Phi) is 5.11. The molecule has 2 nitrogen and oxygen atoms in total. The molecule has 106 valence electrons. The van der Waals surface area contributed by atoms with Crippen molar-refractivity contribution in [2.24, 2.45) is 0 Å². The summed E-state index contributed by atoms with van der Waals surface area (Å²) in [4.78, 5) is 12.2. The SMILES string of the molecule is O=C(c1ccc(F)c(F)c1)N(CCCl)CC(F)(F)F. The van der Waals surface area contributed by atoms with Gasteiger partial charge in [-0.2, -0.15) is 13.2 Å². The van der Waals surface area contributed by atoms with E-state index < -0.39 is 30.3 Å². The summed E-state index contributed by atoms with van der Waals surface area (Å²) < 4.78 is 62.4. The third-order valence-corrected chi connectivity index (χ3v) is 2.35. The molecule has 0 atom stereocenters. The van der Waals surface area contributed by atoms with E-state index in [2.05, 4.69) is 0 Å². The molecule has 0 fully saturated rings. The van der Waals surface area contributed by atoms with E-state index >= 15 is 0 Å². The van der Waals surface area contributed by atoms with Gasteiger partial charge in [-0.15, -0.1) is 11.6 Å². The Morgan fingerprint density at radius 1 is 1.21 bits per heavy atom. The van der Waals surface area contributed by atoms with Gasteiger partial charge in [-0.1, -0.05) is 0 Å². The normalized spacial score (nSPS) is 11.5. The Labute approximate surface area is 110 Å². The highest BCUT2D eigenvalue weighted by molar-refractivity contribution is 6.18. The van der Waals surface area contributed by atoms with Crippen molar-refractivity contribution < 1.29 is 26.7 Å². The highest BCUT2D eigenvalue weighted by Crippen LogP contribution is 2.19. The zero-order valence-electron chi connectivity index (χ0n) is 9.48. The van der Waals surface area contributed by atoms with Crippen molar-refractivity contribution >= 4 is 17.5 Å². The molecular weight excluding hydrogens is 293 g/mol. The number of rotatable bonds is 4. The first-order valence-corrected chi connectivity index (χ1v) is 5.65. The summed E-state index contributed by atoms with van der Waals surface area (Å²) in [5.41, 5.74) is -0.367. The Hall–Kier alpha value is -1.37. The van der Waals surface area contributed by atoms with E-state index in [0.29, 0.717) is 17.0 Å². The van der Waals surface area contributed by atoms with Gasteiger partial charge in [0.15, 0.2) is 11.6 Å². The Morgan fingerprint density at radius 2 is 1.84 bits per heavy atom. The molecule has 1 aromatic rings. The van der Waals surface area contributed by atoms with Gasteiger partial charge < -0.3 is 4.90 Å². The lowest BCUT2D eigenvalue weighted by Crippen LogP contribution is -2.40. The predicted octanol–water partition coefficient (Wildman–Crippen LogP) is 3.21. The van der Waals surface area contributed by atoms with Crippen molar-refractivity contribution in [1.29, 1.82) is 0 Å². The van der Waals surface area contributed by atoms with Crippen molar-refractivity contribution in [1.82, 2.24) is 4.90 Å². The average Bonchev–Trinajstić information content (AvgIpc) is 2.29. The highest BCUT2D eigenvalue weighted by atomic mass is 35.5. The van der Waals surface area contributed by atoms with Crippen LogP contribution < -0.4 is 0 Å². The van der Waals surface area contributed by atoms with E-state index in [0.717, 1.165) is 6.07 Å². The van der Waals surface area contributed by atoms with E-state index in [1.165, 1.54) is 0 Å². The zero-order valence-corrected chi connectivity index (χ0v) is 10.2. The molecule has 0 unspecified atom stereocenters. The van der Waals surface area contributed by atoms with Crippen molar-refractivity contribution in [2.45, 2.75) is 6.18 Å². The first kappa shape index (κ1) is 15.7. The fraction of sp³-hybridized carbons (Fsp3) is 0.364. The third-order valence-electron chi connectivity index (χ3n) is 2.18. The number of halogens is 6. The number of hydrogen-bond acceptors (Lipinski definition) is 1. The summed E-state index contributed by atoms with van der Waals surface area (Å²) in [5.74, 6) is -3.75. The molecular formula is C11H9ClF5NO. The van der Waals surface area contributed by atoms with E-state index in [4.69, 9.17) is 11.6 Å². The van der Waals surface area contributed by atoms with Crippen LogP contribution in [0.15, 0.2) is 18.2 Å². The van der Waals surface area contributed by atoms with Gasteiger partial charge in [-0.3, -0.25) is 4.79 Å². The minimum atomic E-state index is -4.60. The molecule has 0 aromatic heterocycles.